The van der Waals surface area contributed by atoms with Crippen LogP contribution in [0.3, 0.4) is 0 Å². The van der Waals surface area contributed by atoms with Gasteiger partial charge in [-0.1, -0.05) is 188 Å². The Labute approximate surface area is 368 Å². The van der Waals surface area contributed by atoms with Crippen molar-refractivity contribution in [3.8, 4) is 45.6 Å². The van der Waals surface area contributed by atoms with Crippen molar-refractivity contribution in [2.45, 2.75) is 17.3 Å². The molecular formula is C57H36N6O. The molecule has 3 heterocycles. The Morgan fingerprint density at radius 1 is 0.328 bits per heavy atom. The van der Waals surface area contributed by atoms with Crippen molar-refractivity contribution in [3.63, 3.8) is 0 Å². The van der Waals surface area contributed by atoms with E-state index in [1.165, 1.54) is 0 Å². The van der Waals surface area contributed by atoms with Gasteiger partial charge in [-0.3, -0.25) is 0 Å². The molecule has 0 unspecified atom stereocenters. The Kier molecular flexibility index (Phi) is 7.96. The summed E-state index contributed by atoms with van der Waals surface area (Å²) in [4.78, 5) is 32.6. The van der Waals surface area contributed by atoms with Crippen LogP contribution in [0.1, 0.15) is 45.0 Å². The zero-order valence-corrected chi connectivity index (χ0v) is 34.4. The third-order valence-electron chi connectivity index (χ3n) is 13.2. The van der Waals surface area contributed by atoms with Crippen molar-refractivity contribution in [2.75, 3.05) is 0 Å². The average molecular weight is 821 g/mol. The first kappa shape index (κ1) is 36.3. The zero-order valence-electron chi connectivity index (χ0n) is 34.4. The fraction of sp³-hybridized carbons (Fsp3) is 0.0526. The highest BCUT2D eigenvalue weighted by Crippen LogP contribution is 2.61. The molecule has 7 heteroatoms. The molecule has 3 aromatic heterocycles. The summed E-state index contributed by atoms with van der Waals surface area (Å²) in [6.07, 6.45) is 0.585. The third kappa shape index (κ3) is 5.27. The molecule has 0 saturated carbocycles. The Morgan fingerprint density at radius 2 is 0.766 bits per heavy atom. The summed E-state index contributed by atoms with van der Waals surface area (Å²) in [5.74, 6) is 3.72. The predicted molar refractivity (Wildman–Crippen MR) is 251 cm³/mol. The lowest BCUT2D eigenvalue weighted by Crippen LogP contribution is -2.44. The lowest BCUT2D eigenvalue weighted by molar-refractivity contribution is 0.534. The van der Waals surface area contributed by atoms with Crippen molar-refractivity contribution < 1.29 is 4.42 Å². The predicted octanol–water partition coefficient (Wildman–Crippen LogP) is 12.2. The zero-order chi connectivity index (χ0) is 42.2. The molecule has 0 radical (unpaired) electrons. The fourth-order valence-electron chi connectivity index (χ4n) is 10.4. The van der Waals surface area contributed by atoms with Crippen LogP contribution in [0.5, 0.6) is 0 Å². The third-order valence-corrected chi connectivity index (χ3v) is 13.2. The summed E-state index contributed by atoms with van der Waals surface area (Å²) in [5, 5.41) is 2.12. The molecule has 0 fully saturated rings. The first-order chi connectivity index (χ1) is 31.7. The highest BCUT2D eigenvalue weighted by molar-refractivity contribution is 6.05. The van der Waals surface area contributed by atoms with Crippen LogP contribution in [0, 0.1) is 0 Å². The molecule has 0 N–H and O–H groups in total. The van der Waals surface area contributed by atoms with Gasteiger partial charge in [-0.25, -0.2) is 29.9 Å². The summed E-state index contributed by atoms with van der Waals surface area (Å²) in [5.41, 5.74) is 10.0. The van der Waals surface area contributed by atoms with Gasteiger partial charge in [0.2, 0.25) is 0 Å². The lowest BCUT2D eigenvalue weighted by Gasteiger charge is -2.45. The van der Waals surface area contributed by atoms with Crippen molar-refractivity contribution in [3.05, 3.63) is 251 Å². The van der Waals surface area contributed by atoms with E-state index in [4.69, 9.17) is 34.3 Å². The van der Waals surface area contributed by atoms with E-state index in [1.54, 1.807) is 0 Å². The standard InChI is InChI=1S/C57H36N6O/c1-4-18-36(19-5-1)50-59-53(39-32-33-42-41-25-11-17-31-48(41)64-49(42)34-39)61-54(60-50)56-35-40-24-10-12-26-43(40)57(46-29-15-13-27-44(46)56,47-30-16-14-28-45(47)56)55-62-51(37-20-6-2-7-21-37)58-52(63-55)38-22-8-3-9-23-38/h1-34H,35H2. The number of hydrogen-bond acceptors (Lipinski definition) is 7. The minimum absolute atomic E-state index is 0.572. The fourth-order valence-corrected chi connectivity index (χ4v) is 10.4. The molecule has 14 rings (SSSR count). The molecule has 2 bridgehead atoms. The van der Waals surface area contributed by atoms with Crippen molar-refractivity contribution >= 4 is 21.9 Å². The van der Waals surface area contributed by atoms with Crippen molar-refractivity contribution in [1.29, 1.82) is 0 Å². The SMILES string of the molecule is c1ccc(-c2nc(-c3ccc4c(c3)oc3ccccc34)nc(C34Cc5ccccc5C(c5nc(-c6ccccc6)nc(-c6ccccc6)n5)(c5ccccc53)c3ccccc34)n2)cc1. The van der Waals surface area contributed by atoms with Crippen molar-refractivity contribution in [1.82, 2.24) is 29.9 Å². The second-order valence-electron chi connectivity index (χ2n) is 16.6. The van der Waals surface area contributed by atoms with E-state index in [2.05, 4.69) is 133 Å². The summed E-state index contributed by atoms with van der Waals surface area (Å²) in [6.45, 7) is 0. The molecule has 11 aromatic rings. The van der Waals surface area contributed by atoms with E-state index in [0.717, 1.165) is 77.6 Å². The molecule has 64 heavy (non-hydrogen) atoms. The van der Waals surface area contributed by atoms with Gasteiger partial charge in [-0.15, -0.1) is 0 Å². The van der Waals surface area contributed by atoms with Gasteiger partial charge >= 0.3 is 0 Å². The number of aromatic nitrogens is 6. The monoisotopic (exact) mass is 820 g/mol. The molecule has 0 saturated heterocycles. The Morgan fingerprint density at radius 3 is 1.34 bits per heavy atom. The Balaban J connectivity index is 1.13. The summed E-state index contributed by atoms with van der Waals surface area (Å²) in [6, 6.07) is 71.4. The maximum atomic E-state index is 6.41. The van der Waals surface area contributed by atoms with Gasteiger partial charge in [0.1, 0.15) is 22.4 Å². The van der Waals surface area contributed by atoms with E-state index in [0.29, 0.717) is 41.4 Å². The van der Waals surface area contributed by atoms with Crippen LogP contribution in [0.2, 0.25) is 0 Å². The maximum absolute atomic E-state index is 6.41. The second-order valence-corrected chi connectivity index (χ2v) is 16.6. The van der Waals surface area contributed by atoms with E-state index >= 15 is 0 Å². The van der Waals surface area contributed by atoms with E-state index < -0.39 is 10.8 Å². The van der Waals surface area contributed by atoms with E-state index in [-0.39, 0.29) is 0 Å². The summed E-state index contributed by atoms with van der Waals surface area (Å²) >= 11 is 0. The molecule has 0 atom stereocenters. The second kappa shape index (κ2) is 14.1. The average Bonchev–Trinajstić information content (AvgIpc) is 3.64. The van der Waals surface area contributed by atoms with Gasteiger partial charge in [-0.2, -0.15) is 0 Å². The van der Waals surface area contributed by atoms with Gasteiger partial charge in [-0.05, 0) is 58.0 Å². The number of rotatable bonds is 6. The summed E-state index contributed by atoms with van der Waals surface area (Å²) < 4.78 is 6.41. The number of hydrogen-bond donors (Lipinski definition) is 0. The number of fused-ring (bicyclic) bond motifs is 3. The van der Waals surface area contributed by atoms with Crippen LogP contribution in [0.25, 0.3) is 67.5 Å². The molecule has 7 nitrogen and oxygen atoms in total. The van der Waals surface area contributed by atoms with Crippen LogP contribution in [-0.4, -0.2) is 29.9 Å². The first-order valence-corrected chi connectivity index (χ1v) is 21.6. The highest BCUT2D eigenvalue weighted by Gasteiger charge is 2.59. The van der Waals surface area contributed by atoms with E-state index in [1.807, 2.05) is 72.8 Å². The van der Waals surface area contributed by atoms with Gasteiger partial charge < -0.3 is 4.42 Å². The minimum atomic E-state index is -0.940. The molecule has 3 aliphatic rings. The highest BCUT2D eigenvalue weighted by atomic mass is 16.3. The molecule has 0 spiro atoms. The van der Waals surface area contributed by atoms with Crippen LogP contribution in [0.4, 0.5) is 0 Å². The maximum Gasteiger partial charge on any atom is 0.163 e. The van der Waals surface area contributed by atoms with Crippen LogP contribution >= 0.6 is 0 Å². The number of para-hydroxylation sites is 1. The quantitative estimate of drug-likeness (QED) is 0.165. The number of furan rings is 1. The van der Waals surface area contributed by atoms with Gasteiger partial charge in [0.25, 0.3) is 0 Å². The van der Waals surface area contributed by atoms with Gasteiger partial charge in [0.05, 0.1) is 5.41 Å². The topological polar surface area (TPSA) is 90.5 Å². The van der Waals surface area contributed by atoms with E-state index in [9.17, 15) is 0 Å². The number of benzene rings is 8. The van der Waals surface area contributed by atoms with Gasteiger partial charge in [0, 0.05) is 33.0 Å². The first-order valence-electron chi connectivity index (χ1n) is 21.6. The Hall–Kier alpha value is -8.42. The minimum Gasteiger partial charge on any atom is -0.456 e. The smallest absolute Gasteiger partial charge is 0.163 e. The molecule has 8 aromatic carbocycles. The molecule has 300 valence electrons. The normalized spacial score (nSPS) is 17.1. The molecule has 3 aliphatic carbocycles. The van der Waals surface area contributed by atoms with Crippen LogP contribution < -0.4 is 0 Å². The molecular weight excluding hydrogens is 785 g/mol. The number of nitrogens with zero attached hydrogens (tertiary/aromatic N) is 6. The molecule has 0 amide bonds. The largest absolute Gasteiger partial charge is 0.456 e. The lowest BCUT2D eigenvalue weighted by atomic mass is 9.57. The summed E-state index contributed by atoms with van der Waals surface area (Å²) in [7, 11) is 0. The Bertz CT molecular complexity index is 3500. The van der Waals surface area contributed by atoms with Crippen LogP contribution in [0.15, 0.2) is 211 Å². The van der Waals surface area contributed by atoms with Crippen molar-refractivity contribution in [2.24, 2.45) is 0 Å². The van der Waals surface area contributed by atoms with Gasteiger partial charge in [0.15, 0.2) is 29.1 Å². The molecule has 0 aliphatic heterocycles. The van der Waals surface area contributed by atoms with Crippen LogP contribution in [-0.2, 0) is 17.3 Å².